The SMILES string of the molecule is CCc1nc(NC)nc2c1CNCC2. The van der Waals surface area contributed by atoms with Crippen LogP contribution in [0, 0.1) is 0 Å². The monoisotopic (exact) mass is 192 g/mol. The van der Waals surface area contributed by atoms with Gasteiger partial charge >= 0.3 is 0 Å². The minimum atomic E-state index is 0.752. The molecule has 0 fully saturated rings. The van der Waals surface area contributed by atoms with Crippen LogP contribution in [0.5, 0.6) is 0 Å². The Kier molecular flexibility index (Phi) is 2.63. The first-order chi connectivity index (χ1) is 6.85. The fourth-order valence-corrected chi connectivity index (χ4v) is 1.82. The van der Waals surface area contributed by atoms with E-state index < -0.39 is 0 Å². The van der Waals surface area contributed by atoms with Gasteiger partial charge in [0.1, 0.15) is 0 Å². The lowest BCUT2D eigenvalue weighted by Gasteiger charge is -2.19. The molecule has 14 heavy (non-hydrogen) atoms. The second-order valence-corrected chi connectivity index (χ2v) is 3.45. The fraction of sp³-hybridized carbons (Fsp3) is 0.600. The van der Waals surface area contributed by atoms with Gasteiger partial charge in [-0.3, -0.25) is 0 Å². The molecule has 0 aromatic carbocycles. The highest BCUT2D eigenvalue weighted by Gasteiger charge is 2.15. The van der Waals surface area contributed by atoms with E-state index in [1.54, 1.807) is 0 Å². The molecule has 2 heterocycles. The molecule has 76 valence electrons. The number of fused-ring (bicyclic) bond motifs is 1. The van der Waals surface area contributed by atoms with Crippen molar-refractivity contribution in [3.63, 3.8) is 0 Å². The summed E-state index contributed by atoms with van der Waals surface area (Å²) < 4.78 is 0. The first-order valence-electron chi connectivity index (χ1n) is 5.12. The highest BCUT2D eigenvalue weighted by Crippen LogP contribution is 2.17. The minimum Gasteiger partial charge on any atom is -0.357 e. The molecule has 4 heteroatoms. The zero-order chi connectivity index (χ0) is 9.97. The van der Waals surface area contributed by atoms with E-state index >= 15 is 0 Å². The number of rotatable bonds is 2. The van der Waals surface area contributed by atoms with Gasteiger partial charge < -0.3 is 10.6 Å². The standard InChI is InChI=1S/C10H16N4/c1-3-8-7-6-12-5-4-9(7)14-10(11-2)13-8/h12H,3-6H2,1-2H3,(H,11,13,14). The quantitative estimate of drug-likeness (QED) is 0.725. The second-order valence-electron chi connectivity index (χ2n) is 3.45. The average molecular weight is 192 g/mol. The van der Waals surface area contributed by atoms with Crippen LogP contribution in [0.3, 0.4) is 0 Å². The Morgan fingerprint density at radius 2 is 2.29 bits per heavy atom. The van der Waals surface area contributed by atoms with Crippen LogP contribution in [0.4, 0.5) is 5.95 Å². The van der Waals surface area contributed by atoms with E-state index in [2.05, 4.69) is 27.5 Å². The molecule has 1 aliphatic rings. The van der Waals surface area contributed by atoms with E-state index in [-0.39, 0.29) is 0 Å². The summed E-state index contributed by atoms with van der Waals surface area (Å²) in [4.78, 5) is 8.94. The van der Waals surface area contributed by atoms with E-state index in [0.717, 1.165) is 31.9 Å². The number of anilines is 1. The zero-order valence-electron chi connectivity index (χ0n) is 8.72. The summed E-state index contributed by atoms with van der Waals surface area (Å²) in [5.74, 6) is 0.752. The van der Waals surface area contributed by atoms with Crippen molar-refractivity contribution in [2.75, 3.05) is 18.9 Å². The van der Waals surface area contributed by atoms with Crippen molar-refractivity contribution >= 4 is 5.95 Å². The van der Waals surface area contributed by atoms with Crippen LogP contribution in [0.2, 0.25) is 0 Å². The summed E-state index contributed by atoms with van der Waals surface area (Å²) in [6.07, 6.45) is 1.99. The van der Waals surface area contributed by atoms with Gasteiger partial charge in [0.2, 0.25) is 5.95 Å². The molecule has 0 radical (unpaired) electrons. The van der Waals surface area contributed by atoms with Crippen molar-refractivity contribution in [3.05, 3.63) is 17.0 Å². The fourth-order valence-electron chi connectivity index (χ4n) is 1.82. The maximum atomic E-state index is 4.48. The molecule has 4 nitrogen and oxygen atoms in total. The third-order valence-electron chi connectivity index (χ3n) is 2.58. The number of aromatic nitrogens is 2. The lowest BCUT2D eigenvalue weighted by Crippen LogP contribution is -2.26. The van der Waals surface area contributed by atoms with Crippen molar-refractivity contribution in [2.45, 2.75) is 26.3 Å². The Hall–Kier alpha value is -1.16. The van der Waals surface area contributed by atoms with Crippen LogP contribution in [-0.4, -0.2) is 23.6 Å². The minimum absolute atomic E-state index is 0.752. The number of hydrogen-bond donors (Lipinski definition) is 2. The zero-order valence-corrected chi connectivity index (χ0v) is 8.72. The third kappa shape index (κ3) is 1.57. The summed E-state index contributed by atoms with van der Waals surface area (Å²) in [5.41, 5.74) is 3.68. The Morgan fingerprint density at radius 3 is 3.00 bits per heavy atom. The predicted molar refractivity (Wildman–Crippen MR) is 56.4 cm³/mol. The Morgan fingerprint density at radius 1 is 1.43 bits per heavy atom. The molecule has 0 saturated heterocycles. The second kappa shape index (κ2) is 3.92. The van der Waals surface area contributed by atoms with Crippen molar-refractivity contribution in [2.24, 2.45) is 0 Å². The largest absolute Gasteiger partial charge is 0.357 e. The molecule has 0 atom stereocenters. The molecule has 0 saturated carbocycles. The lowest BCUT2D eigenvalue weighted by atomic mass is 10.0. The number of aryl methyl sites for hydroxylation is 1. The van der Waals surface area contributed by atoms with Gasteiger partial charge in [-0.05, 0) is 6.42 Å². The van der Waals surface area contributed by atoms with Crippen molar-refractivity contribution in [1.29, 1.82) is 0 Å². The Bertz CT molecular complexity index is 318. The smallest absolute Gasteiger partial charge is 0.222 e. The lowest BCUT2D eigenvalue weighted by molar-refractivity contribution is 0.618. The van der Waals surface area contributed by atoms with Crippen molar-refractivity contribution < 1.29 is 0 Å². The summed E-state index contributed by atoms with van der Waals surface area (Å²) in [5, 5.41) is 6.36. The highest BCUT2D eigenvalue weighted by molar-refractivity contribution is 5.35. The maximum Gasteiger partial charge on any atom is 0.222 e. The summed E-state index contributed by atoms with van der Waals surface area (Å²) in [7, 11) is 1.86. The molecule has 0 amide bonds. The molecule has 2 N–H and O–H groups in total. The molecule has 2 rings (SSSR count). The van der Waals surface area contributed by atoms with Gasteiger partial charge in [-0.1, -0.05) is 6.92 Å². The Labute approximate surface area is 84.2 Å². The average Bonchev–Trinajstić information content (AvgIpc) is 2.27. The van der Waals surface area contributed by atoms with Gasteiger partial charge in [0.25, 0.3) is 0 Å². The third-order valence-corrected chi connectivity index (χ3v) is 2.58. The molecule has 0 bridgehead atoms. The van der Waals surface area contributed by atoms with Gasteiger partial charge in [0.05, 0.1) is 11.4 Å². The van der Waals surface area contributed by atoms with Gasteiger partial charge in [-0.2, -0.15) is 0 Å². The molecular formula is C10H16N4. The van der Waals surface area contributed by atoms with Crippen LogP contribution < -0.4 is 10.6 Å². The molecule has 0 spiro atoms. The van der Waals surface area contributed by atoms with Crippen LogP contribution in [-0.2, 0) is 19.4 Å². The van der Waals surface area contributed by atoms with Crippen LogP contribution in [0.15, 0.2) is 0 Å². The number of nitrogens with one attached hydrogen (secondary N) is 2. The van der Waals surface area contributed by atoms with Crippen molar-refractivity contribution in [1.82, 2.24) is 15.3 Å². The normalized spacial score (nSPS) is 15.0. The van der Waals surface area contributed by atoms with E-state index in [9.17, 15) is 0 Å². The topological polar surface area (TPSA) is 49.8 Å². The number of hydrogen-bond acceptors (Lipinski definition) is 4. The van der Waals surface area contributed by atoms with E-state index in [4.69, 9.17) is 0 Å². The summed E-state index contributed by atoms with van der Waals surface area (Å²) in [6.45, 7) is 4.08. The van der Waals surface area contributed by atoms with Gasteiger partial charge in [-0.15, -0.1) is 0 Å². The first kappa shape index (κ1) is 9.40. The van der Waals surface area contributed by atoms with E-state index in [1.165, 1.54) is 17.0 Å². The number of nitrogens with zero attached hydrogens (tertiary/aromatic N) is 2. The predicted octanol–water partition coefficient (Wildman–Crippen LogP) is 0.726. The maximum absolute atomic E-state index is 4.48. The van der Waals surface area contributed by atoms with Gasteiger partial charge in [-0.25, -0.2) is 9.97 Å². The van der Waals surface area contributed by atoms with E-state index in [0.29, 0.717) is 0 Å². The van der Waals surface area contributed by atoms with Gasteiger partial charge in [0.15, 0.2) is 0 Å². The van der Waals surface area contributed by atoms with Crippen molar-refractivity contribution in [3.8, 4) is 0 Å². The van der Waals surface area contributed by atoms with Gasteiger partial charge in [0, 0.05) is 32.1 Å². The van der Waals surface area contributed by atoms with Crippen LogP contribution in [0.1, 0.15) is 23.9 Å². The van der Waals surface area contributed by atoms with E-state index in [1.807, 2.05) is 7.05 Å². The molecule has 1 aromatic heterocycles. The highest BCUT2D eigenvalue weighted by atomic mass is 15.1. The summed E-state index contributed by atoms with van der Waals surface area (Å²) >= 11 is 0. The Balaban J connectivity index is 2.47. The first-order valence-corrected chi connectivity index (χ1v) is 5.12. The summed E-state index contributed by atoms with van der Waals surface area (Å²) in [6, 6.07) is 0. The molecular weight excluding hydrogens is 176 g/mol. The molecule has 1 aromatic rings. The molecule has 0 aliphatic carbocycles. The molecule has 0 unspecified atom stereocenters. The molecule has 1 aliphatic heterocycles. The van der Waals surface area contributed by atoms with Crippen LogP contribution in [0.25, 0.3) is 0 Å². The van der Waals surface area contributed by atoms with Crippen LogP contribution >= 0.6 is 0 Å².